The molecule has 1 amide bonds. The minimum atomic E-state index is -0.0865. The van der Waals surface area contributed by atoms with Gasteiger partial charge in [0, 0.05) is 19.1 Å². The van der Waals surface area contributed by atoms with Crippen LogP contribution in [0.4, 0.5) is 0 Å². The van der Waals surface area contributed by atoms with Crippen molar-refractivity contribution in [3.05, 3.63) is 35.4 Å². The maximum atomic E-state index is 12.3. The lowest BCUT2D eigenvalue weighted by Gasteiger charge is -2.26. The Kier molecular flexibility index (Phi) is 4.03. The number of fused-ring (bicyclic) bond motifs is 1. The van der Waals surface area contributed by atoms with Crippen molar-refractivity contribution in [3.8, 4) is 0 Å². The lowest BCUT2D eigenvalue weighted by molar-refractivity contribution is -0.123. The number of carbonyl (C=O) groups is 1. The summed E-state index contributed by atoms with van der Waals surface area (Å²) in [7, 11) is 2.14. The van der Waals surface area contributed by atoms with Crippen molar-refractivity contribution in [2.75, 3.05) is 20.1 Å². The average Bonchev–Trinajstić information content (AvgIpc) is 2.89. The zero-order chi connectivity index (χ0) is 13.9. The molecular weight excluding hydrogens is 250 g/mol. The molecule has 2 aliphatic rings. The summed E-state index contributed by atoms with van der Waals surface area (Å²) in [5.41, 5.74) is 2.61. The molecule has 0 spiro atoms. The number of nitrogens with zero attached hydrogens (tertiary/aromatic N) is 1. The van der Waals surface area contributed by atoms with Crippen LogP contribution in [0.1, 0.15) is 24.0 Å². The number of likely N-dealkylation sites (tertiary alicyclic amines) is 1. The first-order chi connectivity index (χ1) is 9.74. The summed E-state index contributed by atoms with van der Waals surface area (Å²) in [6, 6.07) is 8.78. The molecule has 0 radical (unpaired) electrons. The molecule has 4 heteroatoms. The van der Waals surface area contributed by atoms with Gasteiger partial charge in [-0.3, -0.25) is 4.79 Å². The molecule has 20 heavy (non-hydrogen) atoms. The molecule has 2 atom stereocenters. The number of benzene rings is 1. The van der Waals surface area contributed by atoms with Crippen molar-refractivity contribution < 1.29 is 4.79 Å². The van der Waals surface area contributed by atoms with E-state index in [2.05, 4.69) is 40.8 Å². The van der Waals surface area contributed by atoms with Gasteiger partial charge in [-0.25, -0.2) is 0 Å². The first-order valence-corrected chi connectivity index (χ1v) is 7.52. The van der Waals surface area contributed by atoms with Gasteiger partial charge in [0.15, 0.2) is 0 Å². The van der Waals surface area contributed by atoms with E-state index < -0.39 is 0 Å². The highest BCUT2D eigenvalue weighted by molar-refractivity contribution is 5.82. The molecule has 108 valence electrons. The third kappa shape index (κ3) is 2.86. The molecular formula is C16H23N3O. The Balaban J connectivity index is 1.54. The normalized spacial score (nSPS) is 26.2. The van der Waals surface area contributed by atoms with Gasteiger partial charge in [-0.05, 0) is 44.0 Å². The number of hydrogen-bond acceptors (Lipinski definition) is 3. The second-order valence-electron chi connectivity index (χ2n) is 5.93. The molecule has 0 saturated carbocycles. The van der Waals surface area contributed by atoms with Gasteiger partial charge < -0.3 is 15.5 Å². The van der Waals surface area contributed by atoms with Crippen LogP contribution in [0.3, 0.4) is 0 Å². The Morgan fingerprint density at radius 2 is 2.20 bits per heavy atom. The molecule has 4 nitrogen and oxygen atoms in total. The van der Waals surface area contributed by atoms with E-state index in [4.69, 9.17) is 0 Å². The largest absolute Gasteiger partial charge is 0.353 e. The lowest BCUT2D eigenvalue weighted by Crippen LogP contribution is -2.50. The van der Waals surface area contributed by atoms with E-state index in [1.54, 1.807) is 0 Å². The van der Waals surface area contributed by atoms with Crippen LogP contribution in [0.5, 0.6) is 0 Å². The second-order valence-corrected chi connectivity index (χ2v) is 5.93. The molecule has 0 bridgehead atoms. The molecule has 1 aromatic rings. The fraction of sp³-hybridized carbons (Fsp3) is 0.562. The molecule has 0 aliphatic carbocycles. The van der Waals surface area contributed by atoms with Crippen LogP contribution in [-0.2, 0) is 17.8 Å². The summed E-state index contributed by atoms with van der Waals surface area (Å²) in [5, 5.41) is 6.45. The van der Waals surface area contributed by atoms with E-state index >= 15 is 0 Å². The fourth-order valence-corrected chi connectivity index (χ4v) is 3.22. The first kappa shape index (κ1) is 13.6. The van der Waals surface area contributed by atoms with Crippen molar-refractivity contribution in [2.45, 2.75) is 37.9 Å². The number of rotatable bonds is 3. The van der Waals surface area contributed by atoms with E-state index in [-0.39, 0.29) is 11.9 Å². The summed E-state index contributed by atoms with van der Waals surface area (Å²) in [6.07, 6.45) is 3.23. The highest BCUT2D eigenvalue weighted by atomic mass is 16.2. The Morgan fingerprint density at radius 1 is 1.40 bits per heavy atom. The fourth-order valence-electron chi connectivity index (χ4n) is 3.22. The van der Waals surface area contributed by atoms with Gasteiger partial charge in [0.2, 0.25) is 5.91 Å². The minimum absolute atomic E-state index is 0.0865. The van der Waals surface area contributed by atoms with Gasteiger partial charge in [-0.2, -0.15) is 0 Å². The Labute approximate surface area is 120 Å². The Hall–Kier alpha value is -1.39. The van der Waals surface area contributed by atoms with Gasteiger partial charge in [0.1, 0.15) is 0 Å². The molecule has 2 N–H and O–H groups in total. The van der Waals surface area contributed by atoms with Crippen molar-refractivity contribution in [1.82, 2.24) is 15.5 Å². The molecule has 0 aromatic heterocycles. The third-order valence-electron chi connectivity index (χ3n) is 4.58. The van der Waals surface area contributed by atoms with Gasteiger partial charge in [0.05, 0.1) is 6.04 Å². The predicted octanol–water partition coefficient (Wildman–Crippen LogP) is 0.911. The van der Waals surface area contributed by atoms with Crippen LogP contribution < -0.4 is 10.6 Å². The lowest BCUT2D eigenvalue weighted by atomic mass is 9.95. The quantitative estimate of drug-likeness (QED) is 0.860. The van der Waals surface area contributed by atoms with Crippen molar-refractivity contribution in [1.29, 1.82) is 0 Å². The van der Waals surface area contributed by atoms with Crippen molar-refractivity contribution in [3.63, 3.8) is 0 Å². The zero-order valence-corrected chi connectivity index (χ0v) is 12.1. The summed E-state index contributed by atoms with van der Waals surface area (Å²) < 4.78 is 0. The van der Waals surface area contributed by atoms with Crippen LogP contribution in [0, 0.1) is 0 Å². The van der Waals surface area contributed by atoms with E-state index in [1.165, 1.54) is 24.0 Å². The number of likely N-dealkylation sites (N-methyl/N-ethyl adjacent to an activating group) is 1. The summed E-state index contributed by atoms with van der Waals surface area (Å²) in [6.45, 7) is 2.71. The molecule has 2 heterocycles. The first-order valence-electron chi connectivity index (χ1n) is 7.52. The van der Waals surface area contributed by atoms with Crippen molar-refractivity contribution in [2.24, 2.45) is 0 Å². The Bertz CT molecular complexity index is 488. The molecule has 1 fully saturated rings. The number of hydrogen-bond donors (Lipinski definition) is 2. The topological polar surface area (TPSA) is 44.4 Å². The molecule has 1 unspecified atom stereocenters. The van der Waals surface area contributed by atoms with E-state index in [9.17, 15) is 4.79 Å². The van der Waals surface area contributed by atoms with Gasteiger partial charge in [0.25, 0.3) is 0 Å². The number of amides is 1. The summed E-state index contributed by atoms with van der Waals surface area (Å²) in [5.74, 6) is 0.139. The summed E-state index contributed by atoms with van der Waals surface area (Å²) >= 11 is 0. The molecule has 1 saturated heterocycles. The van der Waals surface area contributed by atoms with E-state index in [0.29, 0.717) is 6.04 Å². The summed E-state index contributed by atoms with van der Waals surface area (Å²) in [4.78, 5) is 14.6. The van der Waals surface area contributed by atoms with Gasteiger partial charge >= 0.3 is 0 Å². The zero-order valence-electron chi connectivity index (χ0n) is 12.1. The van der Waals surface area contributed by atoms with Gasteiger partial charge in [-0.1, -0.05) is 24.3 Å². The maximum absolute atomic E-state index is 12.3. The number of carbonyl (C=O) groups excluding carboxylic acids is 1. The van der Waals surface area contributed by atoms with Crippen LogP contribution in [-0.4, -0.2) is 43.0 Å². The van der Waals surface area contributed by atoms with Crippen LogP contribution in [0.2, 0.25) is 0 Å². The average molecular weight is 273 g/mol. The molecule has 1 aromatic carbocycles. The standard InChI is InChI=1S/C16H23N3O/c1-19-8-4-7-14(19)11-18-16(20)15-9-12-5-2-3-6-13(12)10-17-15/h2-3,5-6,14-15,17H,4,7-11H2,1H3,(H,18,20)/t14?,15-/m1/s1. The third-order valence-corrected chi connectivity index (χ3v) is 4.58. The maximum Gasteiger partial charge on any atom is 0.237 e. The SMILES string of the molecule is CN1CCCC1CNC(=O)[C@H]1Cc2ccccc2CN1. The molecule has 3 rings (SSSR count). The minimum Gasteiger partial charge on any atom is -0.353 e. The van der Waals surface area contributed by atoms with E-state index in [1.807, 2.05) is 6.07 Å². The van der Waals surface area contributed by atoms with E-state index in [0.717, 1.165) is 26.1 Å². The van der Waals surface area contributed by atoms with Crippen LogP contribution in [0.25, 0.3) is 0 Å². The monoisotopic (exact) mass is 273 g/mol. The highest BCUT2D eigenvalue weighted by Gasteiger charge is 2.26. The number of nitrogens with one attached hydrogen (secondary N) is 2. The van der Waals surface area contributed by atoms with Crippen LogP contribution >= 0.6 is 0 Å². The smallest absolute Gasteiger partial charge is 0.237 e. The van der Waals surface area contributed by atoms with Crippen molar-refractivity contribution >= 4 is 5.91 Å². The Morgan fingerprint density at radius 3 is 2.95 bits per heavy atom. The second kappa shape index (κ2) is 5.94. The predicted molar refractivity (Wildman–Crippen MR) is 79.4 cm³/mol. The van der Waals surface area contributed by atoms with Gasteiger partial charge in [-0.15, -0.1) is 0 Å². The molecule has 2 aliphatic heterocycles. The highest BCUT2D eigenvalue weighted by Crippen LogP contribution is 2.17. The van der Waals surface area contributed by atoms with Crippen LogP contribution in [0.15, 0.2) is 24.3 Å².